The van der Waals surface area contributed by atoms with Crippen molar-refractivity contribution in [1.82, 2.24) is 19.5 Å². The van der Waals surface area contributed by atoms with Crippen LogP contribution in [-0.2, 0) is 18.3 Å². The molecule has 1 aliphatic carbocycles. The van der Waals surface area contributed by atoms with Gasteiger partial charge in [-0.15, -0.1) is 11.3 Å². The summed E-state index contributed by atoms with van der Waals surface area (Å²) in [6.45, 7) is 1.86. The molecule has 0 aliphatic heterocycles. The van der Waals surface area contributed by atoms with Crippen molar-refractivity contribution in [3.63, 3.8) is 0 Å². The average molecular weight is 494 g/mol. The number of nitrogens with one attached hydrogen (secondary N) is 1. The van der Waals surface area contributed by atoms with Crippen LogP contribution >= 0.6 is 27.3 Å². The lowest BCUT2D eigenvalue weighted by molar-refractivity contribution is -0.116. The van der Waals surface area contributed by atoms with Crippen LogP contribution in [0, 0.1) is 6.92 Å². The van der Waals surface area contributed by atoms with Gasteiger partial charge in [0.25, 0.3) is 5.56 Å². The number of halogens is 1. The van der Waals surface area contributed by atoms with Gasteiger partial charge in [-0.1, -0.05) is 24.4 Å². The molecule has 0 radical (unpaired) electrons. The van der Waals surface area contributed by atoms with E-state index < -0.39 is 0 Å². The predicted molar refractivity (Wildman–Crippen MR) is 119 cm³/mol. The highest BCUT2D eigenvalue weighted by molar-refractivity contribution is 9.10. The molecule has 3 heterocycles. The maximum absolute atomic E-state index is 13.0. The summed E-state index contributed by atoms with van der Waals surface area (Å²) in [5, 5.41) is 8.72. The summed E-state index contributed by atoms with van der Waals surface area (Å²) in [6.07, 6.45) is 5.98. The fourth-order valence-corrected chi connectivity index (χ4v) is 5.27. The Morgan fingerprint density at radius 2 is 2.13 bits per heavy atom. The highest BCUT2D eigenvalue weighted by Crippen LogP contribution is 2.29. The van der Waals surface area contributed by atoms with Gasteiger partial charge >= 0.3 is 0 Å². The molecule has 1 amide bonds. The summed E-state index contributed by atoms with van der Waals surface area (Å²) in [6, 6.07) is 2.12. The Kier molecular flexibility index (Phi) is 6.24. The van der Waals surface area contributed by atoms with E-state index in [-0.39, 0.29) is 23.9 Å². The Morgan fingerprint density at radius 3 is 2.83 bits per heavy atom. The smallest absolute Gasteiger partial charge is 0.290 e. The minimum absolute atomic E-state index is 0.126. The molecule has 0 saturated heterocycles. The van der Waals surface area contributed by atoms with Crippen LogP contribution in [0.5, 0.6) is 0 Å². The van der Waals surface area contributed by atoms with Gasteiger partial charge in [0.05, 0.1) is 16.6 Å². The molecule has 3 aromatic rings. The van der Waals surface area contributed by atoms with Gasteiger partial charge in [-0.25, -0.2) is 4.68 Å². The standard InChI is InChI=1S/C20H24BrN5O3S/c1-12-18(20(28)26(25(12)2)14-6-4-3-5-7-14)22-16(27)8-9-17-23-19(24-29-17)15-10-13(21)11-30-15/h10-11,14H,3-9H2,1-2H3,(H,22,27). The van der Waals surface area contributed by atoms with Gasteiger partial charge < -0.3 is 9.84 Å². The normalized spacial score (nSPS) is 14.9. The second kappa shape index (κ2) is 8.89. The molecule has 1 saturated carbocycles. The van der Waals surface area contributed by atoms with E-state index in [1.54, 1.807) is 4.68 Å². The van der Waals surface area contributed by atoms with Gasteiger partial charge in [-0.05, 0) is 41.8 Å². The monoisotopic (exact) mass is 493 g/mol. The molecule has 8 nitrogen and oxygen atoms in total. The van der Waals surface area contributed by atoms with E-state index in [1.165, 1.54) is 17.8 Å². The molecule has 0 spiro atoms. The minimum Gasteiger partial charge on any atom is -0.339 e. The second-order valence-electron chi connectivity index (χ2n) is 7.61. The van der Waals surface area contributed by atoms with Crippen LogP contribution in [0.15, 0.2) is 25.2 Å². The maximum atomic E-state index is 13.0. The first-order chi connectivity index (χ1) is 14.4. The lowest BCUT2D eigenvalue weighted by Gasteiger charge is -2.24. The largest absolute Gasteiger partial charge is 0.339 e. The fraction of sp³-hybridized carbons (Fsp3) is 0.500. The topological polar surface area (TPSA) is 95.0 Å². The summed E-state index contributed by atoms with van der Waals surface area (Å²) >= 11 is 4.91. The van der Waals surface area contributed by atoms with Crippen LogP contribution < -0.4 is 10.9 Å². The summed E-state index contributed by atoms with van der Waals surface area (Å²) < 4.78 is 9.89. The summed E-state index contributed by atoms with van der Waals surface area (Å²) in [5.41, 5.74) is 1.00. The van der Waals surface area contributed by atoms with Crippen LogP contribution in [0.2, 0.25) is 0 Å². The van der Waals surface area contributed by atoms with Gasteiger partial charge in [0.15, 0.2) is 0 Å². The van der Waals surface area contributed by atoms with Crippen LogP contribution in [0.25, 0.3) is 10.7 Å². The Labute approximate surface area is 186 Å². The quantitative estimate of drug-likeness (QED) is 0.547. The third kappa shape index (κ3) is 4.29. The van der Waals surface area contributed by atoms with E-state index >= 15 is 0 Å². The number of hydrogen-bond donors (Lipinski definition) is 1. The first kappa shape index (κ1) is 21.0. The number of amides is 1. The lowest BCUT2D eigenvalue weighted by Crippen LogP contribution is -2.29. The van der Waals surface area contributed by atoms with E-state index in [2.05, 4.69) is 31.4 Å². The van der Waals surface area contributed by atoms with Crippen molar-refractivity contribution >= 4 is 38.9 Å². The summed E-state index contributed by atoms with van der Waals surface area (Å²) in [7, 11) is 1.88. The van der Waals surface area contributed by atoms with Crippen LogP contribution in [0.1, 0.15) is 56.2 Å². The van der Waals surface area contributed by atoms with Crippen LogP contribution in [-0.4, -0.2) is 25.4 Å². The molecular weight excluding hydrogens is 470 g/mol. The minimum atomic E-state index is -0.241. The molecule has 1 aliphatic rings. The molecule has 1 N–H and O–H groups in total. The van der Waals surface area contributed by atoms with Crippen molar-refractivity contribution in [2.45, 2.75) is 57.9 Å². The van der Waals surface area contributed by atoms with E-state index in [1.807, 2.05) is 30.1 Å². The molecule has 0 unspecified atom stereocenters. The fourth-order valence-electron chi connectivity index (χ4n) is 3.92. The first-order valence-electron chi connectivity index (χ1n) is 10.1. The number of anilines is 1. The van der Waals surface area contributed by atoms with Crippen LogP contribution in [0.3, 0.4) is 0 Å². The zero-order chi connectivity index (χ0) is 21.3. The number of thiophene rings is 1. The second-order valence-corrected chi connectivity index (χ2v) is 9.44. The van der Waals surface area contributed by atoms with E-state index in [9.17, 15) is 9.59 Å². The van der Waals surface area contributed by atoms with E-state index in [0.29, 0.717) is 23.8 Å². The summed E-state index contributed by atoms with van der Waals surface area (Å²) in [4.78, 5) is 30.7. The van der Waals surface area contributed by atoms with Gasteiger partial charge in [0.2, 0.25) is 17.6 Å². The number of aryl methyl sites for hydroxylation is 1. The predicted octanol–water partition coefficient (Wildman–Crippen LogP) is 4.45. The lowest BCUT2D eigenvalue weighted by atomic mass is 9.96. The van der Waals surface area contributed by atoms with Crippen molar-refractivity contribution in [2.75, 3.05) is 5.32 Å². The third-order valence-corrected chi connectivity index (χ3v) is 7.29. The van der Waals surface area contributed by atoms with Gasteiger partial charge in [-0.2, -0.15) is 4.98 Å². The zero-order valence-electron chi connectivity index (χ0n) is 17.0. The highest BCUT2D eigenvalue weighted by atomic mass is 79.9. The number of rotatable bonds is 6. The Balaban J connectivity index is 1.41. The number of nitrogens with zero attached hydrogens (tertiary/aromatic N) is 4. The molecule has 0 bridgehead atoms. The van der Waals surface area contributed by atoms with Crippen molar-refractivity contribution in [3.8, 4) is 10.7 Å². The summed E-state index contributed by atoms with van der Waals surface area (Å²) in [5.74, 6) is 0.666. The van der Waals surface area contributed by atoms with Gasteiger partial charge in [0.1, 0.15) is 5.69 Å². The van der Waals surface area contributed by atoms with Crippen molar-refractivity contribution < 1.29 is 9.32 Å². The molecule has 0 atom stereocenters. The third-order valence-electron chi connectivity index (χ3n) is 5.60. The molecule has 30 heavy (non-hydrogen) atoms. The molecule has 3 aromatic heterocycles. The number of carbonyl (C=O) groups excluding carboxylic acids is 1. The van der Waals surface area contributed by atoms with Crippen molar-refractivity contribution in [1.29, 1.82) is 0 Å². The molecule has 4 rings (SSSR count). The Hall–Kier alpha value is -2.20. The van der Waals surface area contributed by atoms with Crippen molar-refractivity contribution in [3.05, 3.63) is 37.9 Å². The van der Waals surface area contributed by atoms with Gasteiger partial charge in [0, 0.05) is 29.7 Å². The molecular formula is C20H24BrN5O3S. The molecule has 160 valence electrons. The maximum Gasteiger partial charge on any atom is 0.290 e. The highest BCUT2D eigenvalue weighted by Gasteiger charge is 2.24. The number of carbonyl (C=O) groups is 1. The molecule has 10 heteroatoms. The number of aromatic nitrogens is 4. The molecule has 1 fully saturated rings. The molecule has 0 aromatic carbocycles. The van der Waals surface area contributed by atoms with Gasteiger partial charge in [-0.3, -0.25) is 14.3 Å². The SMILES string of the molecule is Cc1c(NC(=O)CCc2nc(-c3cc(Br)cs3)no2)c(=O)n(C2CCCCC2)n1C. The van der Waals surface area contributed by atoms with E-state index in [0.717, 1.165) is 40.7 Å². The Bertz CT molecular complexity index is 1110. The van der Waals surface area contributed by atoms with E-state index in [4.69, 9.17) is 4.52 Å². The van der Waals surface area contributed by atoms with Crippen LogP contribution in [0.4, 0.5) is 5.69 Å². The number of hydrogen-bond acceptors (Lipinski definition) is 6. The zero-order valence-corrected chi connectivity index (χ0v) is 19.4. The van der Waals surface area contributed by atoms with Crippen molar-refractivity contribution in [2.24, 2.45) is 7.05 Å². The first-order valence-corrected chi connectivity index (χ1v) is 11.8. The Morgan fingerprint density at radius 1 is 1.37 bits per heavy atom. The average Bonchev–Trinajstić information content (AvgIpc) is 3.43.